The van der Waals surface area contributed by atoms with Crippen LogP contribution in [0.2, 0.25) is 0 Å². The second kappa shape index (κ2) is 5.86. The summed E-state index contributed by atoms with van der Waals surface area (Å²) in [5.41, 5.74) is 7.84. The molecule has 0 saturated carbocycles. The molecule has 4 heterocycles. The van der Waals surface area contributed by atoms with Crippen LogP contribution in [0.1, 0.15) is 0 Å². The number of hydrogen-bond acceptors (Lipinski definition) is 3. The van der Waals surface area contributed by atoms with Crippen LogP contribution in [0.4, 0.5) is 0 Å². The normalized spacial score (nSPS) is 16.0. The van der Waals surface area contributed by atoms with Gasteiger partial charge in [0.2, 0.25) is 0 Å². The molecule has 2 aromatic rings. The maximum atomic E-state index is 11.1. The van der Waals surface area contributed by atoms with Gasteiger partial charge in [-0.25, -0.2) is 4.99 Å². The number of carbonyl (C=O) groups is 1. The van der Waals surface area contributed by atoms with Gasteiger partial charge in [-0.2, -0.15) is 0 Å². The van der Waals surface area contributed by atoms with Crippen LogP contribution in [0.15, 0.2) is 63.9 Å². The monoisotopic (exact) mass is 312 g/mol. The number of rotatable bonds is 1. The zero-order valence-electron chi connectivity index (χ0n) is 12.6. The number of aromatic nitrogens is 2. The van der Waals surface area contributed by atoms with Gasteiger partial charge >= 0.3 is 0 Å². The van der Waals surface area contributed by atoms with E-state index in [4.69, 9.17) is 0 Å². The van der Waals surface area contributed by atoms with Crippen LogP contribution in [-0.2, 0) is 4.79 Å². The van der Waals surface area contributed by atoms with Crippen molar-refractivity contribution in [2.45, 2.75) is 0 Å². The maximum Gasteiger partial charge on any atom is 0.198 e. The van der Waals surface area contributed by atoms with Crippen molar-refractivity contribution in [2.75, 3.05) is 0 Å². The van der Waals surface area contributed by atoms with Crippen LogP contribution < -0.4 is 21.4 Å². The first-order valence-electron chi connectivity index (χ1n) is 7.39. The van der Waals surface area contributed by atoms with Crippen molar-refractivity contribution >= 4 is 35.8 Å². The lowest BCUT2D eigenvalue weighted by molar-refractivity contribution is -0.108. The van der Waals surface area contributed by atoms with Gasteiger partial charge in [0.05, 0.1) is 28.0 Å². The molecule has 2 aliphatic rings. The predicted octanol–water partition coefficient (Wildman–Crippen LogP) is -0.684. The van der Waals surface area contributed by atoms with E-state index >= 15 is 0 Å². The number of aromatic amines is 2. The minimum atomic E-state index is -0.0862. The van der Waals surface area contributed by atoms with Gasteiger partial charge in [-0.15, -0.1) is 0 Å². The number of ketones is 1. The standard InChI is InChI=1S/C19H12N4O/c24-19-11-18(21-12-19)10-17-6-5-16(23-17)9-15-4-3-14(22-15)8-13-2-1-7-20-13/h1-7,10-12,22-23H. The second-order valence-corrected chi connectivity index (χ2v) is 5.26. The molecule has 2 N–H and O–H groups in total. The number of nitrogens with zero attached hydrogens (tertiary/aromatic N) is 2. The third-order valence-electron chi connectivity index (χ3n) is 3.41. The smallest absolute Gasteiger partial charge is 0.198 e. The Balaban J connectivity index is 1.78. The zero-order valence-corrected chi connectivity index (χ0v) is 12.6. The van der Waals surface area contributed by atoms with Crippen LogP contribution in [0.25, 0.3) is 17.5 Å². The third-order valence-corrected chi connectivity index (χ3v) is 3.41. The van der Waals surface area contributed by atoms with E-state index in [-0.39, 0.29) is 5.78 Å². The highest BCUT2D eigenvalue weighted by atomic mass is 16.1. The van der Waals surface area contributed by atoms with Crippen molar-refractivity contribution in [3.8, 4) is 0 Å². The molecule has 0 aromatic carbocycles. The molecule has 0 aliphatic carbocycles. The molecule has 0 unspecified atom stereocenters. The molecule has 0 spiro atoms. The van der Waals surface area contributed by atoms with Crippen LogP contribution in [0, 0.1) is 0 Å². The Hall–Kier alpha value is -3.65. The first kappa shape index (κ1) is 14.0. The molecule has 5 nitrogen and oxygen atoms in total. The van der Waals surface area contributed by atoms with Gasteiger partial charge < -0.3 is 9.97 Å². The number of H-pyrrole nitrogens is 2. The van der Waals surface area contributed by atoms with Crippen LogP contribution >= 0.6 is 0 Å². The largest absolute Gasteiger partial charge is 0.349 e. The van der Waals surface area contributed by atoms with Gasteiger partial charge in [-0.05, 0) is 42.5 Å². The number of aliphatic imine (C=N–C) groups is 2. The quantitative estimate of drug-likeness (QED) is 0.719. The fourth-order valence-corrected chi connectivity index (χ4v) is 2.36. The van der Waals surface area contributed by atoms with E-state index in [1.165, 1.54) is 12.3 Å². The summed E-state index contributed by atoms with van der Waals surface area (Å²) in [5, 5.41) is 3.38. The molecule has 114 valence electrons. The highest BCUT2D eigenvalue weighted by Crippen LogP contribution is 2.03. The predicted molar refractivity (Wildman–Crippen MR) is 93.2 cm³/mol. The van der Waals surface area contributed by atoms with Crippen molar-refractivity contribution < 1.29 is 4.79 Å². The Labute approximate surface area is 136 Å². The molecule has 24 heavy (non-hydrogen) atoms. The molecular formula is C19H12N4O. The fraction of sp³-hybridized carbons (Fsp3) is 0. The fourth-order valence-electron chi connectivity index (χ4n) is 2.36. The van der Waals surface area contributed by atoms with Gasteiger partial charge in [-0.3, -0.25) is 9.79 Å². The lowest BCUT2D eigenvalue weighted by Gasteiger charge is -1.82. The van der Waals surface area contributed by atoms with Crippen LogP contribution in [0.3, 0.4) is 0 Å². The molecule has 0 amide bonds. The average Bonchev–Trinajstić information content (AvgIpc) is 3.32. The number of nitrogens with one attached hydrogen (secondary N) is 2. The van der Waals surface area contributed by atoms with E-state index in [1.54, 1.807) is 6.21 Å². The summed E-state index contributed by atoms with van der Waals surface area (Å²) >= 11 is 0. The zero-order chi connectivity index (χ0) is 16.4. The Morgan fingerprint density at radius 1 is 0.958 bits per heavy atom. The van der Waals surface area contributed by atoms with E-state index < -0.39 is 0 Å². The number of hydrogen-bond donors (Lipinski definition) is 2. The van der Waals surface area contributed by atoms with Crippen LogP contribution in [0.5, 0.6) is 0 Å². The molecule has 0 fully saturated rings. The molecular weight excluding hydrogens is 300 g/mol. The summed E-state index contributed by atoms with van der Waals surface area (Å²) in [4.78, 5) is 25.7. The molecule has 0 bridgehead atoms. The molecule has 5 heteroatoms. The van der Waals surface area contributed by atoms with Gasteiger partial charge in [-0.1, -0.05) is 11.5 Å². The molecule has 0 atom stereocenters. The summed E-state index contributed by atoms with van der Waals surface area (Å²) in [6.45, 7) is 0. The van der Waals surface area contributed by atoms with Crippen molar-refractivity contribution in [1.82, 2.24) is 9.97 Å². The average molecular weight is 312 g/mol. The summed E-state index contributed by atoms with van der Waals surface area (Å²) in [6.07, 6.45) is 10.1. The van der Waals surface area contributed by atoms with Crippen molar-refractivity contribution in [3.05, 3.63) is 75.3 Å². The van der Waals surface area contributed by atoms with Gasteiger partial charge in [0.25, 0.3) is 0 Å². The lowest BCUT2D eigenvalue weighted by Crippen LogP contribution is -2.13. The molecule has 2 aromatic heterocycles. The van der Waals surface area contributed by atoms with E-state index in [1.807, 2.05) is 42.5 Å². The van der Waals surface area contributed by atoms with Crippen LogP contribution in [-0.4, -0.2) is 28.2 Å². The van der Waals surface area contributed by atoms with Crippen molar-refractivity contribution in [1.29, 1.82) is 0 Å². The molecule has 0 saturated heterocycles. The van der Waals surface area contributed by atoms with E-state index in [9.17, 15) is 4.79 Å². The highest BCUT2D eigenvalue weighted by molar-refractivity contribution is 6.35. The van der Waals surface area contributed by atoms with E-state index in [0.717, 1.165) is 27.1 Å². The Kier molecular flexibility index (Phi) is 3.41. The summed E-state index contributed by atoms with van der Waals surface area (Å²) in [6, 6.07) is 7.69. The Morgan fingerprint density at radius 3 is 2.50 bits per heavy atom. The third kappa shape index (κ3) is 3.08. The molecule has 2 aliphatic heterocycles. The lowest BCUT2D eigenvalue weighted by atomic mass is 10.3. The first-order chi connectivity index (χ1) is 11.7. The molecule has 0 radical (unpaired) electrons. The minimum absolute atomic E-state index is 0.0862. The van der Waals surface area contributed by atoms with E-state index in [2.05, 4.69) is 31.4 Å². The van der Waals surface area contributed by atoms with Crippen molar-refractivity contribution in [2.24, 2.45) is 9.98 Å². The first-order valence-corrected chi connectivity index (χ1v) is 7.39. The maximum absolute atomic E-state index is 11.1. The summed E-state index contributed by atoms with van der Waals surface area (Å²) in [7, 11) is 0. The second-order valence-electron chi connectivity index (χ2n) is 5.26. The number of carbonyl (C=O) groups excluding carboxylic acids is 1. The van der Waals surface area contributed by atoms with Gasteiger partial charge in [0.1, 0.15) is 5.70 Å². The van der Waals surface area contributed by atoms with Crippen molar-refractivity contribution in [3.63, 3.8) is 0 Å². The van der Waals surface area contributed by atoms with E-state index in [0.29, 0.717) is 5.70 Å². The Bertz CT molecular complexity index is 1220. The minimum Gasteiger partial charge on any atom is -0.349 e. The summed E-state index contributed by atoms with van der Waals surface area (Å²) in [5.74, 6) is -0.0862. The topological polar surface area (TPSA) is 73.4 Å². The summed E-state index contributed by atoms with van der Waals surface area (Å²) < 4.78 is 0. The highest BCUT2D eigenvalue weighted by Gasteiger charge is 2.02. The molecule has 4 rings (SSSR count). The SMILES string of the molecule is O=C1C=NC(C=c2ccc(=C=c3ccc(=C=C4C=CC=N4)[nH]3)[nH]2)=C1. The Morgan fingerprint density at radius 2 is 1.75 bits per heavy atom. The van der Waals surface area contributed by atoms with Gasteiger partial charge in [0.15, 0.2) is 5.78 Å². The number of allylic oxidation sites excluding steroid dienone is 4. The van der Waals surface area contributed by atoms with Gasteiger partial charge in [0, 0.05) is 17.6 Å².